The molecule has 0 radical (unpaired) electrons. The van der Waals surface area contributed by atoms with Gasteiger partial charge in [0.15, 0.2) is 6.29 Å². The second kappa shape index (κ2) is 16.1. The van der Waals surface area contributed by atoms with Gasteiger partial charge in [0.25, 0.3) is 0 Å². The SMILES string of the molecule is C=C(C)C(=C)OCCCCc1cc2c(c(CCCCOC(O)C(=C)C)c1)OC(O)C(c1ccc(OC(=O)C(=C)C)cc1)=C2. The number of hydrogen-bond acceptors (Lipinski definition) is 7. The molecule has 0 aliphatic carbocycles. The number of esters is 1. The molecule has 2 atom stereocenters. The summed E-state index contributed by atoms with van der Waals surface area (Å²) in [6.45, 7) is 21.2. The standard InChI is InChI=1S/C36H44O7/c1-23(2)26(7)40-18-10-8-12-27-20-29(13-9-11-19-41-34(37)24(3)4)33-30(21-27)22-32(36(39)43-33)28-14-16-31(17-15-28)42-35(38)25(5)6/h14-17,20-22,34,36-37,39H,1,3,5,7-13,18-19H2,2,4,6H3. The Morgan fingerprint density at radius 2 is 1.60 bits per heavy atom. The summed E-state index contributed by atoms with van der Waals surface area (Å²) < 4.78 is 22.5. The Bertz CT molecular complexity index is 1370. The molecule has 0 spiro atoms. The molecule has 1 aliphatic rings. The van der Waals surface area contributed by atoms with Gasteiger partial charge < -0.3 is 29.2 Å². The molecule has 7 nitrogen and oxygen atoms in total. The van der Waals surface area contributed by atoms with E-state index in [1.807, 2.05) is 13.0 Å². The van der Waals surface area contributed by atoms with E-state index < -0.39 is 18.5 Å². The first-order valence-electron chi connectivity index (χ1n) is 14.6. The quantitative estimate of drug-likeness (QED) is 0.0298. The molecule has 1 heterocycles. The minimum absolute atomic E-state index is 0.313. The number of unbranched alkanes of at least 4 members (excludes halogenated alkanes) is 2. The van der Waals surface area contributed by atoms with Crippen molar-refractivity contribution < 1.29 is 34.0 Å². The van der Waals surface area contributed by atoms with Gasteiger partial charge in [-0.05, 0) is 111 Å². The van der Waals surface area contributed by atoms with E-state index in [2.05, 4.69) is 38.4 Å². The van der Waals surface area contributed by atoms with Crippen LogP contribution in [0.5, 0.6) is 11.5 Å². The highest BCUT2D eigenvalue weighted by atomic mass is 16.6. The third-order valence-electron chi connectivity index (χ3n) is 6.96. The lowest BCUT2D eigenvalue weighted by atomic mass is 9.93. The molecule has 0 aromatic heterocycles. The number of aryl methyl sites for hydroxylation is 2. The molecule has 2 aromatic rings. The first-order valence-corrected chi connectivity index (χ1v) is 14.6. The fraction of sp³-hybridized carbons (Fsp3) is 0.361. The first kappa shape index (κ1) is 33.6. The number of ether oxygens (including phenoxy) is 4. The Balaban J connectivity index is 1.78. The number of fused-ring (bicyclic) bond motifs is 1. The van der Waals surface area contributed by atoms with Gasteiger partial charge in [-0.2, -0.15) is 0 Å². The van der Waals surface area contributed by atoms with Crippen molar-refractivity contribution in [3.63, 3.8) is 0 Å². The van der Waals surface area contributed by atoms with Crippen LogP contribution in [0.25, 0.3) is 11.6 Å². The van der Waals surface area contributed by atoms with Crippen molar-refractivity contribution in [3.8, 4) is 11.5 Å². The average Bonchev–Trinajstić information content (AvgIpc) is 2.96. The number of rotatable bonds is 17. The zero-order valence-corrected chi connectivity index (χ0v) is 25.6. The Kier molecular flexibility index (Phi) is 12.6. The normalized spacial score (nSPS) is 14.5. The van der Waals surface area contributed by atoms with Gasteiger partial charge in [-0.3, -0.25) is 0 Å². The molecule has 2 aromatic carbocycles. The van der Waals surface area contributed by atoms with Crippen molar-refractivity contribution in [2.75, 3.05) is 13.2 Å². The molecule has 2 N–H and O–H groups in total. The van der Waals surface area contributed by atoms with Crippen LogP contribution in [0.2, 0.25) is 0 Å². The predicted octanol–water partition coefficient (Wildman–Crippen LogP) is 7.08. The minimum Gasteiger partial charge on any atom is -0.494 e. The highest BCUT2D eigenvalue weighted by Crippen LogP contribution is 2.38. The van der Waals surface area contributed by atoms with E-state index in [0.717, 1.165) is 60.8 Å². The second-order valence-corrected chi connectivity index (χ2v) is 11.0. The Morgan fingerprint density at radius 3 is 2.26 bits per heavy atom. The summed E-state index contributed by atoms with van der Waals surface area (Å²) in [6.07, 6.45) is 4.79. The van der Waals surface area contributed by atoms with Crippen LogP contribution in [0.1, 0.15) is 68.7 Å². The molecular formula is C36H44O7. The average molecular weight is 589 g/mol. The summed E-state index contributed by atoms with van der Waals surface area (Å²) in [6, 6.07) is 11.2. The molecule has 7 heteroatoms. The summed E-state index contributed by atoms with van der Waals surface area (Å²) in [5.41, 5.74) is 6.15. The van der Waals surface area contributed by atoms with Crippen molar-refractivity contribution in [3.05, 3.63) is 107 Å². The zero-order chi connectivity index (χ0) is 31.5. The third-order valence-corrected chi connectivity index (χ3v) is 6.96. The fourth-order valence-corrected chi connectivity index (χ4v) is 4.42. The van der Waals surface area contributed by atoms with Crippen molar-refractivity contribution in [1.29, 1.82) is 0 Å². The lowest BCUT2D eigenvalue weighted by molar-refractivity contribution is -0.130. The molecule has 0 bridgehead atoms. The topological polar surface area (TPSA) is 94.5 Å². The van der Waals surface area contributed by atoms with Crippen LogP contribution in [-0.4, -0.2) is 42.0 Å². The van der Waals surface area contributed by atoms with E-state index in [1.54, 1.807) is 38.1 Å². The van der Waals surface area contributed by atoms with E-state index in [9.17, 15) is 15.0 Å². The molecule has 0 saturated carbocycles. The minimum atomic E-state index is -1.16. The van der Waals surface area contributed by atoms with Gasteiger partial charge in [-0.15, -0.1) is 0 Å². The molecule has 230 valence electrons. The highest BCUT2D eigenvalue weighted by Gasteiger charge is 2.25. The summed E-state index contributed by atoms with van der Waals surface area (Å²) in [5.74, 6) is 1.18. The summed E-state index contributed by atoms with van der Waals surface area (Å²) in [7, 11) is 0. The molecular weight excluding hydrogens is 544 g/mol. The van der Waals surface area contributed by atoms with E-state index in [-0.39, 0.29) is 0 Å². The van der Waals surface area contributed by atoms with Crippen molar-refractivity contribution in [1.82, 2.24) is 0 Å². The van der Waals surface area contributed by atoms with Gasteiger partial charge in [0, 0.05) is 16.7 Å². The van der Waals surface area contributed by atoms with Crippen molar-refractivity contribution in [2.24, 2.45) is 0 Å². The number of carbonyl (C=O) groups excluding carboxylic acids is 1. The van der Waals surface area contributed by atoms with E-state index >= 15 is 0 Å². The maximum Gasteiger partial charge on any atom is 0.338 e. The second-order valence-electron chi connectivity index (χ2n) is 11.0. The monoisotopic (exact) mass is 588 g/mol. The number of aliphatic hydroxyl groups excluding tert-OH is 2. The van der Waals surface area contributed by atoms with Gasteiger partial charge in [-0.1, -0.05) is 44.5 Å². The predicted molar refractivity (Wildman–Crippen MR) is 170 cm³/mol. The Morgan fingerprint density at radius 1 is 0.930 bits per heavy atom. The van der Waals surface area contributed by atoms with Gasteiger partial charge in [-0.25, -0.2) is 4.79 Å². The number of allylic oxidation sites excluding steroid dienone is 1. The number of aliphatic hydroxyl groups is 2. The Hall–Kier alpha value is -3.91. The largest absolute Gasteiger partial charge is 0.494 e. The van der Waals surface area contributed by atoms with Gasteiger partial charge in [0.1, 0.15) is 17.3 Å². The van der Waals surface area contributed by atoms with E-state index in [4.69, 9.17) is 18.9 Å². The lowest BCUT2D eigenvalue weighted by Gasteiger charge is -2.26. The maximum atomic E-state index is 11.9. The molecule has 1 aliphatic heterocycles. The van der Waals surface area contributed by atoms with E-state index in [0.29, 0.717) is 47.2 Å². The maximum absolute atomic E-state index is 11.9. The van der Waals surface area contributed by atoms with Gasteiger partial charge in [0.2, 0.25) is 6.29 Å². The number of benzene rings is 2. The van der Waals surface area contributed by atoms with Gasteiger partial charge >= 0.3 is 5.97 Å². The van der Waals surface area contributed by atoms with Crippen molar-refractivity contribution in [2.45, 2.75) is 71.9 Å². The number of carbonyl (C=O) groups is 1. The third kappa shape index (κ3) is 10.1. The van der Waals surface area contributed by atoms with E-state index in [1.165, 1.54) is 5.56 Å². The molecule has 43 heavy (non-hydrogen) atoms. The van der Waals surface area contributed by atoms with Crippen LogP contribution in [0, 0.1) is 0 Å². The van der Waals surface area contributed by atoms with Crippen LogP contribution >= 0.6 is 0 Å². The zero-order valence-electron chi connectivity index (χ0n) is 25.6. The molecule has 0 amide bonds. The van der Waals surface area contributed by atoms with Crippen LogP contribution in [-0.2, 0) is 27.1 Å². The summed E-state index contributed by atoms with van der Waals surface area (Å²) in [5, 5.41) is 20.8. The molecule has 3 rings (SSSR count). The lowest BCUT2D eigenvalue weighted by Crippen LogP contribution is -2.22. The smallest absolute Gasteiger partial charge is 0.338 e. The molecule has 2 unspecified atom stereocenters. The van der Waals surface area contributed by atoms with Crippen LogP contribution in [0.15, 0.2) is 85.2 Å². The van der Waals surface area contributed by atoms with Crippen LogP contribution < -0.4 is 9.47 Å². The van der Waals surface area contributed by atoms with Crippen molar-refractivity contribution >= 4 is 17.6 Å². The Labute approximate surface area is 255 Å². The summed E-state index contributed by atoms with van der Waals surface area (Å²) >= 11 is 0. The fourth-order valence-electron chi connectivity index (χ4n) is 4.42. The molecule has 0 saturated heterocycles. The first-order chi connectivity index (χ1) is 20.5. The highest BCUT2D eigenvalue weighted by molar-refractivity contribution is 5.89. The number of hydrogen-bond donors (Lipinski definition) is 2. The van der Waals surface area contributed by atoms with Crippen LogP contribution in [0.3, 0.4) is 0 Å². The molecule has 0 fully saturated rings. The van der Waals surface area contributed by atoms with Crippen LogP contribution in [0.4, 0.5) is 0 Å². The summed E-state index contributed by atoms with van der Waals surface area (Å²) in [4.78, 5) is 11.9. The van der Waals surface area contributed by atoms with Gasteiger partial charge in [0.05, 0.1) is 13.2 Å².